The van der Waals surface area contributed by atoms with E-state index in [1.165, 1.54) is 0 Å². The van der Waals surface area contributed by atoms with Gasteiger partial charge in [-0.05, 0) is 25.3 Å². The molecule has 0 fully saturated rings. The zero-order valence-electron chi connectivity index (χ0n) is 11.3. The zero-order chi connectivity index (χ0) is 14.3. The number of carbonyl (C=O) groups excluding carboxylic acids is 2. The summed E-state index contributed by atoms with van der Waals surface area (Å²) in [5, 5.41) is 0. The van der Waals surface area contributed by atoms with Gasteiger partial charge in [-0.2, -0.15) is 0 Å². The molecule has 0 spiro atoms. The van der Waals surface area contributed by atoms with Gasteiger partial charge in [0, 0.05) is 5.92 Å². The minimum absolute atomic E-state index is 0.0844. The summed E-state index contributed by atoms with van der Waals surface area (Å²) in [4.78, 5) is 22.2. The van der Waals surface area contributed by atoms with Gasteiger partial charge in [0.15, 0.2) is 0 Å². The lowest BCUT2D eigenvalue weighted by molar-refractivity contribution is -0.122. The van der Waals surface area contributed by atoms with Gasteiger partial charge < -0.3 is 16.3 Å². The summed E-state index contributed by atoms with van der Waals surface area (Å²) < 4.78 is 0. The van der Waals surface area contributed by atoms with Crippen LogP contribution in [0.4, 0.5) is 0 Å². The third-order valence-electron chi connectivity index (χ3n) is 3.42. The maximum atomic E-state index is 11.1. The maximum absolute atomic E-state index is 11.1. The first-order valence-electron chi connectivity index (χ1n) is 6.56. The molecule has 104 valence electrons. The largest absolute Gasteiger partial charge is 0.368 e. The number of benzene rings is 1. The highest BCUT2D eigenvalue weighted by Crippen LogP contribution is 2.21. The van der Waals surface area contributed by atoms with Crippen molar-refractivity contribution in [2.45, 2.75) is 44.1 Å². The van der Waals surface area contributed by atoms with Gasteiger partial charge in [-0.15, -0.1) is 0 Å². The number of hydrogen-bond acceptors (Lipinski definition) is 3. The second-order valence-corrected chi connectivity index (χ2v) is 5.18. The average molecular weight is 262 g/mol. The highest BCUT2D eigenvalue weighted by atomic mass is 16.1. The number of unbranched alkanes of at least 4 members (excludes halogenated alkanes) is 1. The molecule has 1 rings (SSSR count). The Kier molecular flexibility index (Phi) is 5.70. The maximum Gasteiger partial charge on any atom is 0.237 e. The molecule has 1 aromatic rings. The molecule has 2 atom stereocenters. The van der Waals surface area contributed by atoms with Gasteiger partial charge >= 0.3 is 0 Å². The summed E-state index contributed by atoms with van der Waals surface area (Å²) >= 11 is 0. The predicted octanol–water partition coefficient (Wildman–Crippen LogP) is 1.73. The SMILES string of the molecule is CC(N)(CCCCC(C=O)c1ccccc1)C(N)=O. The molecule has 19 heavy (non-hydrogen) atoms. The van der Waals surface area contributed by atoms with Crippen LogP contribution in [0.25, 0.3) is 0 Å². The van der Waals surface area contributed by atoms with Crippen molar-refractivity contribution in [3.05, 3.63) is 35.9 Å². The van der Waals surface area contributed by atoms with E-state index in [1.54, 1.807) is 6.92 Å². The second-order valence-electron chi connectivity index (χ2n) is 5.18. The van der Waals surface area contributed by atoms with E-state index < -0.39 is 11.4 Å². The molecule has 4 nitrogen and oxygen atoms in total. The highest BCUT2D eigenvalue weighted by molar-refractivity contribution is 5.83. The first-order chi connectivity index (χ1) is 8.97. The van der Waals surface area contributed by atoms with Gasteiger partial charge in [-0.25, -0.2) is 0 Å². The summed E-state index contributed by atoms with van der Waals surface area (Å²) in [7, 11) is 0. The first-order valence-corrected chi connectivity index (χ1v) is 6.56. The number of rotatable bonds is 8. The van der Waals surface area contributed by atoms with Crippen LogP contribution in [0.3, 0.4) is 0 Å². The Morgan fingerprint density at radius 3 is 2.47 bits per heavy atom. The summed E-state index contributed by atoms with van der Waals surface area (Å²) in [5.74, 6) is -0.568. The van der Waals surface area contributed by atoms with Crippen LogP contribution in [0, 0.1) is 0 Å². The monoisotopic (exact) mass is 262 g/mol. The average Bonchev–Trinajstić information content (AvgIpc) is 2.39. The Labute approximate surface area is 114 Å². The van der Waals surface area contributed by atoms with E-state index >= 15 is 0 Å². The molecular weight excluding hydrogens is 240 g/mol. The van der Waals surface area contributed by atoms with Crippen LogP contribution in [-0.2, 0) is 9.59 Å². The minimum atomic E-state index is -0.955. The van der Waals surface area contributed by atoms with Gasteiger partial charge in [-0.1, -0.05) is 43.2 Å². The van der Waals surface area contributed by atoms with Gasteiger partial charge in [0.25, 0.3) is 0 Å². The van der Waals surface area contributed by atoms with E-state index in [4.69, 9.17) is 11.5 Å². The number of hydrogen-bond donors (Lipinski definition) is 2. The number of nitrogens with two attached hydrogens (primary N) is 2. The topological polar surface area (TPSA) is 86.2 Å². The van der Waals surface area contributed by atoms with Crippen molar-refractivity contribution in [3.8, 4) is 0 Å². The van der Waals surface area contributed by atoms with Crippen LogP contribution in [0.5, 0.6) is 0 Å². The van der Waals surface area contributed by atoms with Gasteiger partial charge in [0.05, 0.1) is 5.54 Å². The molecule has 1 amide bonds. The van der Waals surface area contributed by atoms with E-state index in [9.17, 15) is 9.59 Å². The third-order valence-corrected chi connectivity index (χ3v) is 3.42. The van der Waals surface area contributed by atoms with Crippen LogP contribution in [0.2, 0.25) is 0 Å². The Morgan fingerprint density at radius 2 is 1.95 bits per heavy atom. The van der Waals surface area contributed by atoms with Gasteiger partial charge in [0.2, 0.25) is 5.91 Å². The highest BCUT2D eigenvalue weighted by Gasteiger charge is 2.24. The molecule has 0 heterocycles. The number of carbonyl (C=O) groups is 2. The molecule has 0 saturated heterocycles. The molecule has 0 bridgehead atoms. The minimum Gasteiger partial charge on any atom is -0.368 e. The molecular formula is C15H22N2O2. The van der Waals surface area contributed by atoms with E-state index in [0.717, 1.165) is 31.1 Å². The van der Waals surface area contributed by atoms with Crippen molar-refractivity contribution in [2.75, 3.05) is 0 Å². The molecule has 0 aliphatic heterocycles. The molecule has 0 saturated carbocycles. The number of primary amides is 1. The smallest absolute Gasteiger partial charge is 0.237 e. The quantitative estimate of drug-likeness (QED) is 0.552. The third kappa shape index (κ3) is 4.83. The van der Waals surface area contributed by atoms with E-state index in [1.807, 2.05) is 30.3 Å². The summed E-state index contributed by atoms with van der Waals surface area (Å²) in [6, 6.07) is 9.69. The van der Waals surface area contributed by atoms with Crippen molar-refractivity contribution in [2.24, 2.45) is 11.5 Å². The van der Waals surface area contributed by atoms with Crippen molar-refractivity contribution in [1.82, 2.24) is 0 Å². The van der Waals surface area contributed by atoms with Crippen LogP contribution in [0.15, 0.2) is 30.3 Å². The zero-order valence-corrected chi connectivity index (χ0v) is 11.3. The molecule has 0 radical (unpaired) electrons. The lowest BCUT2D eigenvalue weighted by Crippen LogP contribution is -2.49. The fourth-order valence-corrected chi connectivity index (χ4v) is 1.99. The van der Waals surface area contributed by atoms with E-state index in [2.05, 4.69) is 0 Å². The lowest BCUT2D eigenvalue weighted by Gasteiger charge is -2.20. The van der Waals surface area contributed by atoms with Gasteiger partial charge in [0.1, 0.15) is 6.29 Å². The standard InChI is InChI=1S/C15H22N2O2/c1-15(17,14(16)19)10-6-5-9-13(11-18)12-7-3-2-4-8-12/h2-4,7-8,11,13H,5-6,9-10,17H2,1H3,(H2,16,19). The number of aldehydes is 1. The molecule has 0 aromatic heterocycles. The van der Waals surface area contributed by atoms with Crippen molar-refractivity contribution >= 4 is 12.2 Å². The Balaban J connectivity index is 2.40. The molecule has 4 N–H and O–H groups in total. The fraction of sp³-hybridized carbons (Fsp3) is 0.467. The number of amides is 1. The fourth-order valence-electron chi connectivity index (χ4n) is 1.99. The van der Waals surface area contributed by atoms with Gasteiger partial charge in [-0.3, -0.25) is 4.79 Å². The summed E-state index contributed by atoms with van der Waals surface area (Å²) in [5.41, 5.74) is 11.1. The van der Waals surface area contributed by atoms with E-state index in [0.29, 0.717) is 6.42 Å². The van der Waals surface area contributed by atoms with Crippen LogP contribution in [-0.4, -0.2) is 17.7 Å². The van der Waals surface area contributed by atoms with Crippen molar-refractivity contribution in [1.29, 1.82) is 0 Å². The normalized spacial score (nSPS) is 15.5. The first kappa shape index (κ1) is 15.4. The Bertz CT molecular complexity index is 415. The Hall–Kier alpha value is -1.68. The Morgan fingerprint density at radius 1 is 1.32 bits per heavy atom. The second kappa shape index (κ2) is 7.04. The van der Waals surface area contributed by atoms with E-state index in [-0.39, 0.29) is 5.92 Å². The van der Waals surface area contributed by atoms with Crippen LogP contribution in [0.1, 0.15) is 44.1 Å². The molecule has 2 unspecified atom stereocenters. The molecule has 0 aliphatic rings. The van der Waals surface area contributed by atoms with Crippen LogP contribution >= 0.6 is 0 Å². The predicted molar refractivity (Wildman–Crippen MR) is 75.5 cm³/mol. The molecule has 1 aromatic carbocycles. The molecule has 0 aliphatic carbocycles. The molecule has 4 heteroatoms. The summed E-state index contributed by atoms with van der Waals surface area (Å²) in [6.07, 6.45) is 3.92. The van der Waals surface area contributed by atoms with Crippen LogP contribution < -0.4 is 11.5 Å². The lowest BCUT2D eigenvalue weighted by atomic mass is 9.91. The van der Waals surface area contributed by atoms with Crippen molar-refractivity contribution in [3.63, 3.8) is 0 Å². The summed E-state index contributed by atoms with van der Waals surface area (Å²) in [6.45, 7) is 1.64. The van der Waals surface area contributed by atoms with Crippen molar-refractivity contribution < 1.29 is 9.59 Å².